The average molecular weight is 337 g/mol. The van der Waals surface area contributed by atoms with Crippen LogP contribution >= 0.6 is 15.9 Å². The standard InChI is InChI=1S/C11H14BrFN2O2S/c1-8-7-15(6-5-14-8)18(16,17)11-9(12)3-2-4-10(11)13/h2-4,8,14H,5-7H2,1H3/t8-/m0/s1. The first-order valence-electron chi connectivity index (χ1n) is 5.60. The Kier molecular flexibility index (Phi) is 4.05. The molecule has 0 aromatic heterocycles. The molecule has 1 heterocycles. The minimum Gasteiger partial charge on any atom is -0.312 e. The normalized spacial score (nSPS) is 22.1. The van der Waals surface area contributed by atoms with Crippen molar-refractivity contribution in [2.24, 2.45) is 0 Å². The molecular weight excluding hydrogens is 323 g/mol. The molecule has 1 aliphatic heterocycles. The summed E-state index contributed by atoms with van der Waals surface area (Å²) in [7, 11) is -3.78. The maximum Gasteiger partial charge on any atom is 0.247 e. The molecule has 0 unspecified atom stereocenters. The van der Waals surface area contributed by atoms with Gasteiger partial charge >= 0.3 is 0 Å². The lowest BCUT2D eigenvalue weighted by atomic mass is 10.3. The number of sulfonamides is 1. The van der Waals surface area contributed by atoms with Crippen LogP contribution in [0.1, 0.15) is 6.92 Å². The molecule has 0 aliphatic carbocycles. The van der Waals surface area contributed by atoms with Gasteiger partial charge in [-0.3, -0.25) is 0 Å². The van der Waals surface area contributed by atoms with Crippen molar-refractivity contribution in [3.8, 4) is 0 Å². The van der Waals surface area contributed by atoms with Gasteiger partial charge in [0.25, 0.3) is 0 Å². The summed E-state index contributed by atoms with van der Waals surface area (Å²) in [5.74, 6) is -0.726. The van der Waals surface area contributed by atoms with Gasteiger partial charge in [0.05, 0.1) is 0 Å². The highest BCUT2D eigenvalue weighted by atomic mass is 79.9. The second-order valence-electron chi connectivity index (χ2n) is 4.27. The van der Waals surface area contributed by atoms with Gasteiger partial charge in [0.15, 0.2) is 0 Å². The maximum absolute atomic E-state index is 13.7. The van der Waals surface area contributed by atoms with Gasteiger partial charge in [-0.15, -0.1) is 0 Å². The highest BCUT2D eigenvalue weighted by Gasteiger charge is 2.32. The van der Waals surface area contributed by atoms with Gasteiger partial charge in [0.2, 0.25) is 10.0 Å². The third-order valence-electron chi connectivity index (χ3n) is 2.85. The molecule has 1 fully saturated rings. The molecule has 1 atom stereocenters. The van der Waals surface area contributed by atoms with Gasteiger partial charge in [-0.2, -0.15) is 4.31 Å². The molecule has 0 bridgehead atoms. The van der Waals surface area contributed by atoms with E-state index in [1.165, 1.54) is 16.4 Å². The van der Waals surface area contributed by atoms with Gasteiger partial charge in [0.1, 0.15) is 10.7 Å². The summed E-state index contributed by atoms with van der Waals surface area (Å²) in [4.78, 5) is -0.279. The van der Waals surface area contributed by atoms with Crippen LogP contribution < -0.4 is 5.32 Å². The third kappa shape index (κ3) is 2.59. The Labute approximate surface area is 114 Å². The molecule has 0 saturated carbocycles. The van der Waals surface area contributed by atoms with E-state index < -0.39 is 15.8 Å². The number of benzene rings is 1. The molecule has 0 radical (unpaired) electrons. The van der Waals surface area contributed by atoms with Gasteiger partial charge < -0.3 is 5.32 Å². The van der Waals surface area contributed by atoms with Crippen molar-refractivity contribution >= 4 is 26.0 Å². The molecule has 1 aromatic carbocycles. The van der Waals surface area contributed by atoms with Gasteiger partial charge in [-0.1, -0.05) is 6.07 Å². The number of piperazine rings is 1. The van der Waals surface area contributed by atoms with Crippen LogP contribution in [-0.2, 0) is 10.0 Å². The molecule has 1 saturated heterocycles. The third-order valence-corrected chi connectivity index (χ3v) is 5.71. The Hall–Kier alpha value is -0.500. The van der Waals surface area contributed by atoms with E-state index in [0.717, 1.165) is 6.07 Å². The van der Waals surface area contributed by atoms with Crippen LogP contribution in [0.2, 0.25) is 0 Å². The summed E-state index contributed by atoms with van der Waals surface area (Å²) in [5, 5.41) is 3.15. The van der Waals surface area contributed by atoms with E-state index in [-0.39, 0.29) is 15.4 Å². The van der Waals surface area contributed by atoms with Crippen LogP contribution in [0.15, 0.2) is 27.6 Å². The molecule has 100 valence electrons. The van der Waals surface area contributed by atoms with Gasteiger partial charge in [-0.25, -0.2) is 12.8 Å². The van der Waals surface area contributed by atoms with Crippen molar-refractivity contribution in [2.45, 2.75) is 17.9 Å². The first-order chi connectivity index (χ1) is 8.43. The summed E-state index contributed by atoms with van der Waals surface area (Å²) in [6.07, 6.45) is 0. The zero-order valence-corrected chi connectivity index (χ0v) is 12.3. The van der Waals surface area contributed by atoms with E-state index >= 15 is 0 Å². The Morgan fingerprint density at radius 1 is 1.50 bits per heavy atom. The van der Waals surface area contributed by atoms with E-state index in [0.29, 0.717) is 19.6 Å². The van der Waals surface area contributed by atoms with E-state index in [1.54, 1.807) is 0 Å². The zero-order valence-electron chi connectivity index (χ0n) is 9.86. The van der Waals surface area contributed by atoms with Crippen molar-refractivity contribution in [3.05, 3.63) is 28.5 Å². The van der Waals surface area contributed by atoms with E-state index in [9.17, 15) is 12.8 Å². The topological polar surface area (TPSA) is 49.4 Å². The van der Waals surface area contributed by atoms with Crippen molar-refractivity contribution in [1.29, 1.82) is 0 Å². The maximum atomic E-state index is 13.7. The molecular formula is C11H14BrFN2O2S. The molecule has 0 spiro atoms. The van der Waals surface area contributed by atoms with Crippen LogP contribution in [0.25, 0.3) is 0 Å². The lowest BCUT2D eigenvalue weighted by molar-refractivity contribution is 0.309. The molecule has 18 heavy (non-hydrogen) atoms. The lowest BCUT2D eigenvalue weighted by Crippen LogP contribution is -2.51. The summed E-state index contributed by atoms with van der Waals surface area (Å²) < 4.78 is 40.1. The van der Waals surface area contributed by atoms with E-state index in [4.69, 9.17) is 0 Å². The van der Waals surface area contributed by atoms with Crippen molar-refractivity contribution in [1.82, 2.24) is 9.62 Å². The first kappa shape index (κ1) is 13.9. The second-order valence-corrected chi connectivity index (χ2v) is 7.00. The fraction of sp³-hybridized carbons (Fsp3) is 0.455. The molecule has 1 aromatic rings. The summed E-state index contributed by atoms with van der Waals surface area (Å²) >= 11 is 3.10. The minimum absolute atomic E-state index is 0.0686. The highest BCUT2D eigenvalue weighted by Crippen LogP contribution is 2.28. The zero-order chi connectivity index (χ0) is 13.3. The van der Waals surface area contributed by atoms with Crippen LogP contribution in [-0.4, -0.2) is 38.4 Å². The monoisotopic (exact) mass is 336 g/mol. The molecule has 1 aliphatic rings. The molecule has 4 nitrogen and oxygen atoms in total. The number of halogens is 2. The molecule has 1 N–H and O–H groups in total. The largest absolute Gasteiger partial charge is 0.312 e. The number of nitrogens with one attached hydrogen (secondary N) is 1. The molecule has 7 heteroatoms. The summed E-state index contributed by atoms with van der Waals surface area (Å²) in [6, 6.07) is 4.23. The van der Waals surface area contributed by atoms with Crippen LogP contribution in [0.3, 0.4) is 0 Å². The van der Waals surface area contributed by atoms with Crippen LogP contribution in [0.4, 0.5) is 4.39 Å². The van der Waals surface area contributed by atoms with Crippen molar-refractivity contribution < 1.29 is 12.8 Å². The number of hydrogen-bond acceptors (Lipinski definition) is 3. The van der Waals surface area contributed by atoms with Crippen LogP contribution in [0.5, 0.6) is 0 Å². The Bertz CT molecular complexity index is 530. The second kappa shape index (κ2) is 5.24. The Balaban J connectivity index is 2.42. The number of rotatable bonds is 2. The number of nitrogens with zero attached hydrogens (tertiary/aromatic N) is 1. The van der Waals surface area contributed by atoms with Crippen molar-refractivity contribution in [3.63, 3.8) is 0 Å². The Morgan fingerprint density at radius 2 is 2.22 bits per heavy atom. The summed E-state index contributed by atoms with van der Waals surface area (Å²) in [6.45, 7) is 3.18. The summed E-state index contributed by atoms with van der Waals surface area (Å²) in [5.41, 5.74) is 0. The first-order valence-corrected chi connectivity index (χ1v) is 7.84. The predicted octanol–water partition coefficient (Wildman–Crippen LogP) is 1.57. The lowest BCUT2D eigenvalue weighted by Gasteiger charge is -2.31. The SMILES string of the molecule is C[C@H]1CN(S(=O)(=O)c2c(F)cccc2Br)CCN1. The quantitative estimate of drug-likeness (QED) is 0.891. The fourth-order valence-electron chi connectivity index (χ4n) is 1.97. The highest BCUT2D eigenvalue weighted by molar-refractivity contribution is 9.10. The van der Waals surface area contributed by atoms with Crippen molar-refractivity contribution in [2.75, 3.05) is 19.6 Å². The van der Waals surface area contributed by atoms with Gasteiger partial charge in [-0.05, 0) is 35.0 Å². The fourth-order valence-corrected chi connectivity index (χ4v) is 4.57. The average Bonchev–Trinajstić information content (AvgIpc) is 2.28. The smallest absolute Gasteiger partial charge is 0.247 e. The predicted molar refractivity (Wildman–Crippen MR) is 70.3 cm³/mol. The van der Waals surface area contributed by atoms with E-state index in [2.05, 4.69) is 21.2 Å². The van der Waals surface area contributed by atoms with Crippen LogP contribution in [0, 0.1) is 5.82 Å². The molecule has 2 rings (SSSR count). The van der Waals surface area contributed by atoms with E-state index in [1.807, 2.05) is 6.92 Å². The van der Waals surface area contributed by atoms with Gasteiger partial charge in [0, 0.05) is 30.1 Å². The molecule has 0 amide bonds. The minimum atomic E-state index is -3.78. The Morgan fingerprint density at radius 3 is 2.83 bits per heavy atom. The number of hydrogen-bond donors (Lipinski definition) is 1.